The molecule has 0 fully saturated rings. The molecule has 0 radical (unpaired) electrons. The van der Waals surface area contributed by atoms with E-state index < -0.39 is 8.56 Å². The number of nitrogens with zero attached hydrogens (tertiary/aromatic N) is 1. The fourth-order valence-electron chi connectivity index (χ4n) is 3.13. The van der Waals surface area contributed by atoms with Crippen molar-refractivity contribution in [3.63, 3.8) is 0 Å². The molecule has 0 aromatic heterocycles. The summed E-state index contributed by atoms with van der Waals surface area (Å²) in [6, 6.07) is 21.6. The van der Waals surface area contributed by atoms with Crippen molar-refractivity contribution >= 4 is 14.3 Å². The van der Waals surface area contributed by atoms with Gasteiger partial charge in [0, 0.05) is 12.3 Å². The van der Waals surface area contributed by atoms with Crippen molar-refractivity contribution in [1.29, 1.82) is 0 Å². The van der Waals surface area contributed by atoms with E-state index in [0.29, 0.717) is 19.1 Å². The van der Waals surface area contributed by atoms with Gasteiger partial charge in [-0.1, -0.05) is 74.5 Å². The van der Waals surface area contributed by atoms with Crippen LogP contribution in [0.25, 0.3) is 0 Å². The van der Waals surface area contributed by atoms with Crippen LogP contribution in [0.3, 0.4) is 0 Å². The maximum absolute atomic E-state index is 6.38. The molecule has 152 valence electrons. The first-order valence-corrected chi connectivity index (χ1v) is 12.8. The first kappa shape index (κ1) is 22.5. The van der Waals surface area contributed by atoms with Crippen LogP contribution in [0.15, 0.2) is 65.7 Å². The first-order valence-electron chi connectivity index (χ1n) is 10.3. The molecule has 0 aliphatic rings. The van der Waals surface area contributed by atoms with Crippen LogP contribution in [-0.2, 0) is 22.1 Å². The standard InChI is InChI=1S/C24H35NO2Si/c1-21(2)18-22(3)25-16-11-17-28(4,26-19-23-12-7-5-8-13-23)27-20-24-14-9-6-10-15-24/h5-10,12-15,21H,11,16-20H2,1-4H3/b25-22+. The van der Waals surface area contributed by atoms with Gasteiger partial charge in [-0.3, -0.25) is 4.99 Å². The predicted molar refractivity (Wildman–Crippen MR) is 121 cm³/mol. The summed E-state index contributed by atoms with van der Waals surface area (Å²) in [4.78, 5) is 4.73. The lowest BCUT2D eigenvalue weighted by Crippen LogP contribution is -2.38. The lowest BCUT2D eigenvalue weighted by atomic mass is 10.1. The zero-order valence-electron chi connectivity index (χ0n) is 17.9. The molecule has 0 bridgehead atoms. The third kappa shape index (κ3) is 8.96. The van der Waals surface area contributed by atoms with Crippen molar-refractivity contribution in [2.45, 2.75) is 59.4 Å². The number of hydrogen-bond acceptors (Lipinski definition) is 3. The van der Waals surface area contributed by atoms with Gasteiger partial charge in [0.15, 0.2) is 0 Å². The van der Waals surface area contributed by atoms with Crippen LogP contribution in [0.1, 0.15) is 44.7 Å². The number of benzene rings is 2. The second-order valence-corrected chi connectivity index (χ2v) is 11.3. The van der Waals surface area contributed by atoms with E-state index in [1.54, 1.807) is 0 Å². The zero-order chi connectivity index (χ0) is 20.2. The highest BCUT2D eigenvalue weighted by atomic mass is 28.4. The van der Waals surface area contributed by atoms with Crippen LogP contribution in [0.5, 0.6) is 0 Å². The van der Waals surface area contributed by atoms with Gasteiger partial charge in [-0.2, -0.15) is 0 Å². The summed E-state index contributed by atoms with van der Waals surface area (Å²) >= 11 is 0. The van der Waals surface area contributed by atoms with Gasteiger partial charge in [-0.05, 0) is 49.4 Å². The molecule has 28 heavy (non-hydrogen) atoms. The molecular weight excluding hydrogens is 362 g/mol. The van der Waals surface area contributed by atoms with E-state index in [1.807, 2.05) is 12.1 Å². The Morgan fingerprint density at radius 1 is 0.893 bits per heavy atom. The number of hydrogen-bond donors (Lipinski definition) is 0. The van der Waals surface area contributed by atoms with Gasteiger partial charge in [0.2, 0.25) is 0 Å². The minimum absolute atomic E-state index is 0.605. The molecule has 4 heteroatoms. The van der Waals surface area contributed by atoms with Crippen LogP contribution < -0.4 is 0 Å². The maximum Gasteiger partial charge on any atom is 0.335 e. The third-order valence-corrected chi connectivity index (χ3v) is 7.42. The largest absolute Gasteiger partial charge is 0.390 e. The Kier molecular flexibility index (Phi) is 9.62. The third-order valence-electron chi connectivity index (χ3n) is 4.65. The van der Waals surface area contributed by atoms with E-state index in [1.165, 1.54) is 16.8 Å². The van der Waals surface area contributed by atoms with Crippen LogP contribution >= 0.6 is 0 Å². The number of rotatable bonds is 12. The summed E-state index contributed by atoms with van der Waals surface area (Å²) in [6.07, 6.45) is 2.07. The van der Waals surface area contributed by atoms with Crippen molar-refractivity contribution in [3.05, 3.63) is 71.8 Å². The molecule has 0 saturated heterocycles. The predicted octanol–water partition coefficient (Wildman–Crippen LogP) is 6.39. The average molecular weight is 398 g/mol. The summed E-state index contributed by atoms with van der Waals surface area (Å²) in [5.74, 6) is 0.659. The average Bonchev–Trinajstić information content (AvgIpc) is 2.70. The Bertz CT molecular complexity index is 658. The minimum atomic E-state index is -2.29. The van der Waals surface area contributed by atoms with E-state index in [9.17, 15) is 0 Å². The van der Waals surface area contributed by atoms with E-state index in [0.717, 1.165) is 25.4 Å². The fourth-order valence-corrected chi connectivity index (χ4v) is 5.25. The summed E-state index contributed by atoms with van der Waals surface area (Å²) in [7, 11) is -2.29. The Morgan fingerprint density at radius 2 is 1.39 bits per heavy atom. The smallest absolute Gasteiger partial charge is 0.335 e. The van der Waals surface area contributed by atoms with Crippen LogP contribution in [0, 0.1) is 5.92 Å². The maximum atomic E-state index is 6.38. The SMILES string of the molecule is C/C(CC(C)C)=N\CCC[Si](C)(OCc1ccccc1)OCc1ccccc1. The van der Waals surface area contributed by atoms with E-state index >= 15 is 0 Å². The lowest BCUT2D eigenvalue weighted by molar-refractivity contribution is 0.157. The van der Waals surface area contributed by atoms with Crippen molar-refractivity contribution < 1.29 is 8.85 Å². The first-order chi connectivity index (χ1) is 13.5. The molecule has 0 heterocycles. The Balaban J connectivity index is 1.92. The second-order valence-electron chi connectivity index (χ2n) is 8.00. The van der Waals surface area contributed by atoms with Gasteiger partial charge in [0.1, 0.15) is 0 Å². The summed E-state index contributed by atoms with van der Waals surface area (Å²) in [6.45, 7) is 10.8. The second kappa shape index (κ2) is 11.9. The van der Waals surface area contributed by atoms with Gasteiger partial charge in [-0.15, -0.1) is 0 Å². The van der Waals surface area contributed by atoms with Crippen molar-refractivity contribution in [2.24, 2.45) is 10.9 Å². The molecule has 0 N–H and O–H groups in total. The molecule has 2 aromatic rings. The quantitative estimate of drug-likeness (QED) is 0.236. The van der Waals surface area contributed by atoms with Gasteiger partial charge < -0.3 is 8.85 Å². The molecular formula is C24H35NO2Si. The normalized spacial score (nSPS) is 12.5. The van der Waals surface area contributed by atoms with Crippen molar-refractivity contribution in [2.75, 3.05) is 6.54 Å². The molecule has 2 rings (SSSR count). The molecule has 0 aliphatic heterocycles. The fraction of sp³-hybridized carbons (Fsp3) is 0.458. The van der Waals surface area contributed by atoms with Crippen LogP contribution in [-0.4, -0.2) is 20.8 Å². The van der Waals surface area contributed by atoms with Crippen LogP contribution in [0.2, 0.25) is 12.6 Å². The molecule has 2 aromatic carbocycles. The Morgan fingerprint density at radius 3 is 1.86 bits per heavy atom. The van der Waals surface area contributed by atoms with Gasteiger partial charge >= 0.3 is 8.56 Å². The van der Waals surface area contributed by atoms with E-state index in [-0.39, 0.29) is 0 Å². The van der Waals surface area contributed by atoms with Gasteiger partial charge in [0.05, 0.1) is 13.2 Å². The number of aliphatic imine (C=N–C) groups is 1. The molecule has 3 nitrogen and oxygen atoms in total. The minimum Gasteiger partial charge on any atom is -0.390 e. The van der Waals surface area contributed by atoms with Gasteiger partial charge in [-0.25, -0.2) is 0 Å². The van der Waals surface area contributed by atoms with Crippen LogP contribution in [0.4, 0.5) is 0 Å². The van der Waals surface area contributed by atoms with Gasteiger partial charge in [0.25, 0.3) is 0 Å². The Hall–Kier alpha value is -1.75. The van der Waals surface area contributed by atoms with E-state index in [4.69, 9.17) is 13.8 Å². The zero-order valence-corrected chi connectivity index (χ0v) is 18.9. The molecule has 0 aliphatic carbocycles. The highest BCUT2D eigenvalue weighted by Gasteiger charge is 2.31. The lowest BCUT2D eigenvalue weighted by Gasteiger charge is -2.27. The van der Waals surface area contributed by atoms with Crippen molar-refractivity contribution in [3.8, 4) is 0 Å². The topological polar surface area (TPSA) is 30.8 Å². The monoisotopic (exact) mass is 397 g/mol. The Labute approximate surface area is 172 Å². The molecule has 0 spiro atoms. The van der Waals surface area contributed by atoms with E-state index in [2.05, 4.69) is 75.8 Å². The highest BCUT2D eigenvalue weighted by Crippen LogP contribution is 2.20. The molecule has 0 atom stereocenters. The summed E-state index contributed by atoms with van der Waals surface area (Å²) < 4.78 is 12.8. The van der Waals surface area contributed by atoms with Crippen molar-refractivity contribution in [1.82, 2.24) is 0 Å². The summed E-state index contributed by atoms with van der Waals surface area (Å²) in [5.41, 5.74) is 3.62. The summed E-state index contributed by atoms with van der Waals surface area (Å²) in [5, 5.41) is 0. The molecule has 0 saturated carbocycles. The molecule has 0 unspecified atom stereocenters. The highest BCUT2D eigenvalue weighted by molar-refractivity contribution is 6.65. The molecule has 0 amide bonds.